The molecule has 2 rings (SSSR count). The van der Waals surface area contributed by atoms with Crippen LogP contribution in [-0.4, -0.2) is 59.6 Å². The molecule has 0 amide bonds. The van der Waals surface area contributed by atoms with Crippen molar-refractivity contribution in [2.45, 2.75) is 84.8 Å². The number of ether oxygens (including phenoxy) is 1. The summed E-state index contributed by atoms with van der Waals surface area (Å²) in [6, 6.07) is -0.333. The summed E-state index contributed by atoms with van der Waals surface area (Å²) in [4.78, 5) is 12.8. The quantitative estimate of drug-likeness (QED) is 0.203. The van der Waals surface area contributed by atoms with Crippen molar-refractivity contribution in [2.24, 2.45) is 0 Å². The predicted molar refractivity (Wildman–Crippen MR) is 142 cm³/mol. The van der Waals surface area contributed by atoms with Gasteiger partial charge < -0.3 is 28.5 Å². The zero-order chi connectivity index (χ0) is 26.6. The van der Waals surface area contributed by atoms with Crippen molar-refractivity contribution in [3.05, 3.63) is 24.8 Å². The maximum Gasteiger partial charge on any atom is 0.356 e. The lowest BCUT2D eigenvalue weighted by molar-refractivity contribution is 0.103. The Morgan fingerprint density at radius 3 is 2.29 bits per heavy atom. The van der Waals surface area contributed by atoms with E-state index in [2.05, 4.69) is 55.4 Å². The van der Waals surface area contributed by atoms with Crippen LogP contribution in [0.2, 0.25) is 18.1 Å². The lowest BCUT2D eigenvalue weighted by Crippen LogP contribution is -2.42. The molecule has 0 saturated heterocycles. The molecule has 2 N–H and O–H groups in total. The third-order valence-electron chi connectivity index (χ3n) is 5.88. The molecule has 198 valence electrons. The molecule has 10 nitrogen and oxygen atoms in total. The molecule has 2 aromatic rings. The number of aromatic nitrogens is 4. The molecule has 35 heavy (non-hydrogen) atoms. The van der Waals surface area contributed by atoms with Gasteiger partial charge in [-0.25, -0.2) is 15.0 Å². The summed E-state index contributed by atoms with van der Waals surface area (Å²) < 4.78 is 38.5. The topological polar surface area (TPSA) is 124 Å². The van der Waals surface area contributed by atoms with E-state index in [1.807, 2.05) is 4.57 Å². The largest absolute Gasteiger partial charge is 0.414 e. The zero-order valence-corrected chi connectivity index (χ0v) is 24.5. The Labute approximate surface area is 210 Å². The van der Waals surface area contributed by atoms with Crippen LogP contribution >= 0.6 is 7.60 Å². The van der Waals surface area contributed by atoms with Crippen molar-refractivity contribution in [2.75, 3.05) is 25.3 Å². The Hall–Kier alpha value is -1.62. The van der Waals surface area contributed by atoms with Crippen molar-refractivity contribution >= 4 is 32.9 Å². The fourth-order valence-corrected chi connectivity index (χ4v) is 5.89. The number of nitrogens with zero attached hydrogens (tertiary/aromatic N) is 4. The molecule has 0 spiro atoms. The first kappa shape index (κ1) is 29.6. The number of fused-ring (bicyclic) bond motifs is 1. The molecular weight excluding hydrogens is 485 g/mol. The molecule has 1 atom stereocenters. The third-order valence-corrected chi connectivity index (χ3v) is 12.4. The highest BCUT2D eigenvalue weighted by Gasteiger charge is 2.38. The van der Waals surface area contributed by atoms with E-state index in [4.69, 9.17) is 23.9 Å². The number of nitrogen functional groups attached to an aromatic ring is 1. The van der Waals surface area contributed by atoms with Crippen LogP contribution in [0.15, 0.2) is 24.8 Å². The van der Waals surface area contributed by atoms with Crippen LogP contribution in [0.1, 0.15) is 54.5 Å². The Bertz CT molecular complexity index is 1040. The van der Waals surface area contributed by atoms with Gasteiger partial charge in [0.2, 0.25) is 0 Å². The molecule has 0 radical (unpaired) electrons. The van der Waals surface area contributed by atoms with Crippen molar-refractivity contribution < 1.29 is 22.8 Å². The fourth-order valence-electron chi connectivity index (χ4n) is 3.11. The minimum absolute atomic E-state index is 0.0357. The number of hydrogen-bond acceptors (Lipinski definition) is 9. The Morgan fingerprint density at radius 1 is 1.14 bits per heavy atom. The third kappa shape index (κ3) is 7.93. The van der Waals surface area contributed by atoms with E-state index in [0.717, 1.165) is 0 Å². The van der Waals surface area contributed by atoms with Gasteiger partial charge >= 0.3 is 7.60 Å². The van der Waals surface area contributed by atoms with E-state index in [1.165, 1.54) is 6.33 Å². The summed E-state index contributed by atoms with van der Waals surface area (Å²) in [5, 5.41) is 0.0357. The molecule has 0 bridgehead atoms. The van der Waals surface area contributed by atoms with E-state index in [-0.39, 0.29) is 36.2 Å². The number of imidazole rings is 1. The summed E-state index contributed by atoms with van der Waals surface area (Å²) in [7, 11) is -5.49. The van der Waals surface area contributed by atoms with E-state index in [0.29, 0.717) is 29.2 Å². The van der Waals surface area contributed by atoms with Crippen LogP contribution in [0.3, 0.4) is 0 Å². The summed E-state index contributed by atoms with van der Waals surface area (Å²) in [5.41, 5.74) is 7.80. The molecule has 12 heteroatoms. The first-order valence-corrected chi connectivity index (χ1v) is 16.5. The number of rotatable bonds is 13. The Kier molecular flexibility index (Phi) is 9.83. The van der Waals surface area contributed by atoms with Gasteiger partial charge in [0.25, 0.3) is 0 Å². The first-order valence-electron chi connectivity index (χ1n) is 11.8. The lowest BCUT2D eigenvalue weighted by atomic mass is 10.1. The SMILES string of the molecule is C=C(COCP(=O)(OC(C)C)OC(C)C)C(CO[Si](C)(C)C(C)(C)C)n1cnc2c(N)ncnc21. The van der Waals surface area contributed by atoms with E-state index < -0.39 is 15.9 Å². The molecule has 0 aliphatic heterocycles. The van der Waals surface area contributed by atoms with Gasteiger partial charge in [0.05, 0.1) is 37.8 Å². The zero-order valence-electron chi connectivity index (χ0n) is 22.6. The minimum Gasteiger partial charge on any atom is -0.414 e. The number of anilines is 1. The molecular formula is C23H42N5O5PSi. The lowest BCUT2D eigenvalue weighted by Gasteiger charge is -2.37. The molecule has 0 saturated carbocycles. The summed E-state index contributed by atoms with van der Waals surface area (Å²) in [6.07, 6.45) is 2.36. The van der Waals surface area contributed by atoms with Gasteiger partial charge in [0.1, 0.15) is 18.2 Å². The monoisotopic (exact) mass is 527 g/mol. The van der Waals surface area contributed by atoms with Gasteiger partial charge in [-0.2, -0.15) is 0 Å². The molecule has 2 heterocycles. The average molecular weight is 528 g/mol. The smallest absolute Gasteiger partial charge is 0.356 e. The normalized spacial score (nSPS) is 14.3. The molecule has 1 unspecified atom stereocenters. The van der Waals surface area contributed by atoms with Crippen LogP contribution < -0.4 is 5.73 Å². The van der Waals surface area contributed by atoms with E-state index in [9.17, 15) is 4.57 Å². The maximum atomic E-state index is 13.1. The highest BCUT2D eigenvalue weighted by atomic mass is 31.2. The highest BCUT2D eigenvalue weighted by molar-refractivity contribution is 7.53. The second-order valence-electron chi connectivity index (χ2n) is 10.7. The van der Waals surface area contributed by atoms with Gasteiger partial charge in [-0.15, -0.1) is 0 Å². The molecule has 0 aliphatic carbocycles. The van der Waals surface area contributed by atoms with Gasteiger partial charge in [-0.1, -0.05) is 27.4 Å². The van der Waals surface area contributed by atoms with Crippen LogP contribution in [0, 0.1) is 0 Å². The Balaban J connectivity index is 2.26. The average Bonchev–Trinajstić information content (AvgIpc) is 3.11. The van der Waals surface area contributed by atoms with Gasteiger partial charge in [0.15, 0.2) is 19.8 Å². The predicted octanol–water partition coefficient (Wildman–Crippen LogP) is 5.54. The summed E-state index contributed by atoms with van der Waals surface area (Å²) in [5.74, 6) is 0.303. The van der Waals surface area contributed by atoms with Crippen LogP contribution in [0.25, 0.3) is 11.2 Å². The van der Waals surface area contributed by atoms with Crippen LogP contribution in [0.5, 0.6) is 0 Å². The fraction of sp³-hybridized carbons (Fsp3) is 0.696. The Morgan fingerprint density at radius 2 is 1.74 bits per heavy atom. The van der Waals surface area contributed by atoms with Crippen LogP contribution in [0.4, 0.5) is 5.82 Å². The van der Waals surface area contributed by atoms with Gasteiger partial charge in [-0.3, -0.25) is 4.57 Å². The van der Waals surface area contributed by atoms with Crippen molar-refractivity contribution in [1.82, 2.24) is 19.5 Å². The number of hydrogen-bond donors (Lipinski definition) is 1. The summed E-state index contributed by atoms with van der Waals surface area (Å²) in [6.45, 7) is 22.9. The number of nitrogens with two attached hydrogens (primary N) is 1. The molecule has 0 fully saturated rings. The van der Waals surface area contributed by atoms with Crippen molar-refractivity contribution in [3.63, 3.8) is 0 Å². The van der Waals surface area contributed by atoms with Crippen molar-refractivity contribution in [3.8, 4) is 0 Å². The highest BCUT2D eigenvalue weighted by Crippen LogP contribution is 2.50. The standard InChI is InChI=1S/C23H42N5O5PSi/c1-16(2)32-34(29,33-17(3)4)15-30-11-18(5)19(12-31-35(9,10)23(6,7)8)28-14-27-20-21(24)25-13-26-22(20)28/h13-14,16-17,19H,5,11-12,15H2,1-4,6-10H3,(H2,24,25,26). The van der Waals surface area contributed by atoms with E-state index >= 15 is 0 Å². The molecule has 0 aliphatic rings. The van der Waals surface area contributed by atoms with Gasteiger partial charge in [-0.05, 0) is 51.4 Å². The maximum absolute atomic E-state index is 13.1. The van der Waals surface area contributed by atoms with Crippen LogP contribution in [-0.2, 0) is 22.8 Å². The second kappa shape index (κ2) is 11.6. The van der Waals surface area contributed by atoms with E-state index in [1.54, 1.807) is 34.0 Å². The second-order valence-corrected chi connectivity index (χ2v) is 17.4. The first-order chi connectivity index (χ1) is 16.1. The summed E-state index contributed by atoms with van der Waals surface area (Å²) >= 11 is 0. The molecule has 2 aromatic heterocycles. The minimum atomic E-state index is -3.43. The van der Waals surface area contributed by atoms with Gasteiger partial charge in [0, 0.05) is 0 Å². The molecule has 0 aromatic carbocycles. The van der Waals surface area contributed by atoms with Crippen molar-refractivity contribution in [1.29, 1.82) is 0 Å².